The van der Waals surface area contributed by atoms with Crippen LogP contribution in [-0.4, -0.2) is 32.0 Å². The summed E-state index contributed by atoms with van der Waals surface area (Å²) in [4.78, 5) is 12.6. The van der Waals surface area contributed by atoms with E-state index in [1.807, 2.05) is 66.9 Å². The van der Waals surface area contributed by atoms with Crippen LogP contribution in [0.1, 0.15) is 42.6 Å². The lowest BCUT2D eigenvalue weighted by Gasteiger charge is -2.21. The van der Waals surface area contributed by atoms with Gasteiger partial charge in [0.25, 0.3) is 0 Å². The molecule has 2 aromatic carbocycles. The molecule has 1 fully saturated rings. The second kappa shape index (κ2) is 10.1. The Kier molecular flexibility index (Phi) is 6.99. The maximum Gasteiger partial charge on any atom is 0.231 e. The van der Waals surface area contributed by atoms with Gasteiger partial charge in [-0.1, -0.05) is 48.2 Å². The number of hydrogen-bond acceptors (Lipinski definition) is 6. The van der Waals surface area contributed by atoms with E-state index >= 15 is 0 Å². The summed E-state index contributed by atoms with van der Waals surface area (Å²) in [5.41, 5.74) is 2.29. The molecule has 0 bridgehead atoms. The number of carbonyl (C=O) groups is 1. The molecule has 8 heteroatoms. The molecule has 1 saturated carbocycles. The Morgan fingerprint density at radius 1 is 1.12 bits per heavy atom. The SMILES string of the molecule is Cc1cccc(C)c1OCc1nnc(SCC(=O)NC2(C#N)CCCC2)n1-c1ccccc1. The summed E-state index contributed by atoms with van der Waals surface area (Å²) in [6.45, 7) is 4.28. The molecule has 0 aliphatic heterocycles. The monoisotopic (exact) mass is 461 g/mol. The Labute approximate surface area is 198 Å². The van der Waals surface area contributed by atoms with Crippen molar-refractivity contribution < 1.29 is 9.53 Å². The van der Waals surface area contributed by atoms with Gasteiger partial charge < -0.3 is 10.1 Å². The molecule has 1 aliphatic rings. The molecule has 0 spiro atoms. The van der Waals surface area contributed by atoms with Crippen molar-refractivity contribution >= 4 is 17.7 Å². The van der Waals surface area contributed by atoms with Crippen LogP contribution in [0.25, 0.3) is 5.69 Å². The first-order valence-electron chi connectivity index (χ1n) is 11.1. The summed E-state index contributed by atoms with van der Waals surface area (Å²) in [6.07, 6.45) is 3.35. The van der Waals surface area contributed by atoms with E-state index in [2.05, 4.69) is 21.6 Å². The van der Waals surface area contributed by atoms with E-state index in [1.165, 1.54) is 11.8 Å². The Bertz CT molecular complexity index is 1140. The molecule has 33 heavy (non-hydrogen) atoms. The molecule has 0 saturated heterocycles. The topological polar surface area (TPSA) is 92.8 Å². The van der Waals surface area contributed by atoms with Crippen LogP contribution >= 0.6 is 11.8 Å². The van der Waals surface area contributed by atoms with Crippen LogP contribution in [-0.2, 0) is 11.4 Å². The summed E-state index contributed by atoms with van der Waals surface area (Å²) < 4.78 is 8.04. The van der Waals surface area contributed by atoms with E-state index in [0.717, 1.165) is 35.4 Å². The summed E-state index contributed by atoms with van der Waals surface area (Å²) >= 11 is 1.30. The first-order valence-corrected chi connectivity index (χ1v) is 12.0. The van der Waals surface area contributed by atoms with Crippen molar-refractivity contribution in [2.45, 2.75) is 56.8 Å². The van der Waals surface area contributed by atoms with Crippen LogP contribution in [0.2, 0.25) is 0 Å². The zero-order chi connectivity index (χ0) is 23.3. The summed E-state index contributed by atoms with van der Waals surface area (Å²) in [5, 5.41) is 21.8. The average Bonchev–Trinajstić information content (AvgIpc) is 3.45. The van der Waals surface area contributed by atoms with Crippen LogP contribution in [0.5, 0.6) is 5.75 Å². The molecular weight excluding hydrogens is 434 g/mol. The molecule has 1 heterocycles. The molecule has 1 aromatic heterocycles. The number of nitrogens with one attached hydrogen (secondary N) is 1. The van der Waals surface area contributed by atoms with Crippen molar-refractivity contribution in [2.24, 2.45) is 0 Å². The Morgan fingerprint density at radius 2 is 1.82 bits per heavy atom. The third-order valence-corrected chi connectivity index (χ3v) is 6.78. The van der Waals surface area contributed by atoms with E-state index in [1.54, 1.807) is 0 Å². The maximum absolute atomic E-state index is 12.6. The van der Waals surface area contributed by atoms with Crippen LogP contribution in [0.15, 0.2) is 53.7 Å². The third-order valence-electron chi connectivity index (χ3n) is 5.85. The van der Waals surface area contributed by atoms with Gasteiger partial charge in [0, 0.05) is 5.69 Å². The van der Waals surface area contributed by atoms with E-state index < -0.39 is 5.54 Å². The Morgan fingerprint density at radius 3 is 2.48 bits per heavy atom. The quantitative estimate of drug-likeness (QED) is 0.496. The van der Waals surface area contributed by atoms with Crippen molar-refractivity contribution in [3.8, 4) is 17.5 Å². The van der Waals surface area contributed by atoms with Crippen molar-refractivity contribution in [1.29, 1.82) is 5.26 Å². The molecule has 1 amide bonds. The van der Waals surface area contributed by atoms with Gasteiger partial charge in [-0.2, -0.15) is 5.26 Å². The average molecular weight is 462 g/mol. The highest BCUT2D eigenvalue weighted by molar-refractivity contribution is 7.99. The number of benzene rings is 2. The highest BCUT2D eigenvalue weighted by Crippen LogP contribution is 2.30. The molecule has 7 nitrogen and oxygen atoms in total. The fourth-order valence-corrected chi connectivity index (χ4v) is 4.93. The fourth-order valence-electron chi connectivity index (χ4n) is 4.16. The number of aryl methyl sites for hydroxylation is 2. The first kappa shape index (κ1) is 22.9. The van der Waals surface area contributed by atoms with Gasteiger partial charge in [-0.15, -0.1) is 10.2 Å². The molecule has 4 rings (SSSR count). The number of hydrogen-bond donors (Lipinski definition) is 1. The maximum atomic E-state index is 12.6. The van der Waals surface area contributed by atoms with Crippen LogP contribution in [0, 0.1) is 25.2 Å². The lowest BCUT2D eigenvalue weighted by Crippen LogP contribution is -2.45. The van der Waals surface area contributed by atoms with Crippen molar-refractivity contribution in [3.63, 3.8) is 0 Å². The number of carbonyl (C=O) groups excluding carboxylic acids is 1. The molecular formula is C25H27N5O2S. The van der Waals surface area contributed by atoms with E-state index in [0.29, 0.717) is 23.8 Å². The van der Waals surface area contributed by atoms with E-state index in [9.17, 15) is 10.1 Å². The van der Waals surface area contributed by atoms with Crippen molar-refractivity contribution in [1.82, 2.24) is 20.1 Å². The van der Waals surface area contributed by atoms with Gasteiger partial charge in [0.05, 0.1) is 11.8 Å². The van der Waals surface area contributed by atoms with Crippen LogP contribution in [0.4, 0.5) is 0 Å². The normalized spacial score (nSPS) is 14.6. The smallest absolute Gasteiger partial charge is 0.231 e. The van der Waals surface area contributed by atoms with Crippen LogP contribution in [0.3, 0.4) is 0 Å². The van der Waals surface area contributed by atoms with Gasteiger partial charge in [0.2, 0.25) is 5.91 Å². The standard InChI is InChI=1S/C25H27N5O2S/c1-18-9-8-10-19(2)23(18)32-15-21-28-29-24(30(21)20-11-4-3-5-12-20)33-16-22(31)27-25(17-26)13-6-7-14-25/h3-5,8-12H,6-7,13-16H2,1-2H3,(H,27,31). The highest BCUT2D eigenvalue weighted by atomic mass is 32.2. The predicted molar refractivity (Wildman–Crippen MR) is 127 cm³/mol. The minimum Gasteiger partial charge on any atom is -0.485 e. The van der Waals surface area contributed by atoms with Gasteiger partial charge >= 0.3 is 0 Å². The van der Waals surface area contributed by atoms with Gasteiger partial charge in [-0.3, -0.25) is 9.36 Å². The Balaban J connectivity index is 1.52. The minimum atomic E-state index is -0.727. The molecule has 170 valence electrons. The molecule has 0 unspecified atom stereocenters. The van der Waals surface area contributed by atoms with Gasteiger partial charge in [0.15, 0.2) is 11.0 Å². The number of amides is 1. The summed E-state index contributed by atoms with van der Waals surface area (Å²) in [7, 11) is 0. The third kappa shape index (κ3) is 5.20. The van der Waals surface area contributed by atoms with Crippen LogP contribution < -0.4 is 10.1 Å². The van der Waals surface area contributed by atoms with Crippen molar-refractivity contribution in [3.05, 3.63) is 65.5 Å². The molecule has 0 atom stereocenters. The fraction of sp³-hybridized carbons (Fsp3) is 0.360. The number of nitriles is 1. The Hall–Kier alpha value is -3.31. The number of ether oxygens (including phenoxy) is 1. The summed E-state index contributed by atoms with van der Waals surface area (Å²) in [6, 6.07) is 18.1. The second-order valence-electron chi connectivity index (χ2n) is 8.32. The lowest BCUT2D eigenvalue weighted by atomic mass is 10.0. The number of para-hydroxylation sites is 2. The zero-order valence-electron chi connectivity index (χ0n) is 18.9. The number of rotatable bonds is 8. The minimum absolute atomic E-state index is 0.159. The zero-order valence-corrected chi connectivity index (χ0v) is 19.7. The molecule has 1 N–H and O–H groups in total. The van der Waals surface area contributed by atoms with E-state index in [-0.39, 0.29) is 18.3 Å². The van der Waals surface area contributed by atoms with Gasteiger partial charge in [-0.05, 0) is 62.8 Å². The van der Waals surface area contributed by atoms with Gasteiger partial charge in [0.1, 0.15) is 17.9 Å². The molecule has 3 aromatic rings. The number of aromatic nitrogens is 3. The molecule has 1 aliphatic carbocycles. The summed E-state index contributed by atoms with van der Waals surface area (Å²) in [5.74, 6) is 1.48. The lowest BCUT2D eigenvalue weighted by molar-refractivity contribution is -0.119. The molecule has 0 radical (unpaired) electrons. The predicted octanol–water partition coefficient (Wildman–Crippen LogP) is 4.51. The number of thioether (sulfide) groups is 1. The second-order valence-corrected chi connectivity index (χ2v) is 9.26. The van der Waals surface area contributed by atoms with Crippen molar-refractivity contribution in [2.75, 3.05) is 5.75 Å². The highest BCUT2D eigenvalue weighted by Gasteiger charge is 2.35. The first-order chi connectivity index (χ1) is 16.0. The number of nitrogens with zero attached hydrogens (tertiary/aromatic N) is 4. The largest absolute Gasteiger partial charge is 0.485 e. The van der Waals surface area contributed by atoms with E-state index in [4.69, 9.17) is 4.74 Å². The van der Waals surface area contributed by atoms with Gasteiger partial charge in [-0.25, -0.2) is 0 Å².